The van der Waals surface area contributed by atoms with Crippen LogP contribution in [0.3, 0.4) is 0 Å². The highest BCUT2D eigenvalue weighted by molar-refractivity contribution is 14.1. The number of carbonyl (C=O) groups is 1. The zero-order valence-electron chi connectivity index (χ0n) is 16.8. The molecule has 0 saturated heterocycles. The third-order valence-corrected chi connectivity index (χ3v) is 9.11. The van der Waals surface area contributed by atoms with Crippen molar-refractivity contribution in [3.05, 3.63) is 5.57 Å². The van der Waals surface area contributed by atoms with Gasteiger partial charge in [0, 0.05) is 12.0 Å². The topological polar surface area (TPSA) is 34.1 Å². The van der Waals surface area contributed by atoms with Crippen molar-refractivity contribution in [3.8, 4) is 0 Å². The minimum absolute atomic E-state index is 0.0133. The first-order valence-corrected chi connectivity index (χ1v) is 12.6. The van der Waals surface area contributed by atoms with Gasteiger partial charge in [0.15, 0.2) is 5.78 Å². The molecule has 0 bridgehead atoms. The quantitative estimate of drug-likeness (QED) is 0.126. The number of halogens is 3. The van der Waals surface area contributed by atoms with Crippen LogP contribution in [0.15, 0.2) is 5.57 Å². The Morgan fingerprint density at radius 1 is 1.12 bits per heavy atom. The Kier molecular flexibility index (Phi) is 10.8. The van der Waals surface area contributed by atoms with Crippen LogP contribution in [0.2, 0.25) is 0 Å². The van der Waals surface area contributed by atoms with E-state index in [1.807, 2.05) is 0 Å². The molecule has 26 heavy (non-hydrogen) atoms. The first-order chi connectivity index (χ1) is 11.7. The summed E-state index contributed by atoms with van der Waals surface area (Å²) in [6.07, 6.45) is 4.19. The van der Waals surface area contributed by atoms with Gasteiger partial charge in [-0.2, -0.15) is 0 Å². The lowest BCUT2D eigenvalue weighted by molar-refractivity contribution is -0.121. The Labute approximate surface area is 184 Å². The third-order valence-electron chi connectivity index (χ3n) is 4.39. The molecule has 0 radical (unpaired) electrons. The Hall–Kier alpha value is 0.770. The van der Waals surface area contributed by atoms with Gasteiger partial charge in [-0.3, -0.25) is 4.79 Å². The van der Waals surface area contributed by atoms with Gasteiger partial charge in [-0.15, -0.1) is 11.8 Å². The van der Waals surface area contributed by atoms with Gasteiger partial charge in [0.2, 0.25) is 0 Å². The summed E-state index contributed by atoms with van der Waals surface area (Å²) >= 11 is 2.44. The van der Waals surface area contributed by atoms with Gasteiger partial charge in [0.1, 0.15) is 5.94 Å². The second-order valence-electron chi connectivity index (χ2n) is 8.82. The largest absolute Gasteiger partial charge is 0.294 e. The summed E-state index contributed by atoms with van der Waals surface area (Å²) in [7, 11) is 7.54. The first-order valence-electron chi connectivity index (χ1n) is 8.67. The summed E-state index contributed by atoms with van der Waals surface area (Å²) in [5.41, 5.74) is 0.406. The fraction of sp³-hybridized carbons (Fsp3) is 0.842. The SMILES string of the molecule is CSC(F)(I)C(=O)CCCCC(=C=O)C(CC(C)(C)C)(SCl)C(C)(C)C. The predicted molar refractivity (Wildman–Crippen MR) is 124 cm³/mol. The standard InChI is InChI=1S/C19H31ClFIO2S2/c1-16(2,3)13-18(26-20,17(4,5)6)14(12-23)10-8-9-11-15(24)19(21,22)25-7/h8-11,13H2,1-7H3. The zero-order chi connectivity index (χ0) is 20.8. The van der Waals surface area contributed by atoms with E-state index < -0.39 is 13.5 Å². The van der Waals surface area contributed by atoms with E-state index in [1.165, 1.54) is 11.0 Å². The fourth-order valence-corrected chi connectivity index (χ4v) is 5.64. The van der Waals surface area contributed by atoms with E-state index in [-0.39, 0.29) is 17.3 Å². The smallest absolute Gasteiger partial charge is 0.263 e. The molecular formula is C19H31ClFIO2S2. The number of hydrogen-bond donors (Lipinski definition) is 0. The Morgan fingerprint density at radius 2 is 1.62 bits per heavy atom. The van der Waals surface area contributed by atoms with Crippen molar-refractivity contribution in [2.24, 2.45) is 10.8 Å². The second-order valence-corrected chi connectivity index (χ2v) is 13.3. The number of unbranched alkanes of at least 4 members (excludes halogenated alkanes) is 1. The molecular weight excluding hydrogens is 506 g/mol. The van der Waals surface area contributed by atoms with E-state index in [0.717, 1.165) is 18.2 Å². The highest BCUT2D eigenvalue weighted by atomic mass is 127. The van der Waals surface area contributed by atoms with Gasteiger partial charge >= 0.3 is 0 Å². The maximum absolute atomic E-state index is 14.0. The zero-order valence-corrected chi connectivity index (χ0v) is 21.3. The molecule has 2 unspecified atom stereocenters. The molecule has 0 rings (SSSR count). The molecule has 0 aliphatic carbocycles. The maximum atomic E-state index is 14.0. The van der Waals surface area contributed by atoms with Crippen molar-refractivity contribution < 1.29 is 14.0 Å². The van der Waals surface area contributed by atoms with Crippen molar-refractivity contribution in [3.63, 3.8) is 0 Å². The number of hydrogen-bond acceptors (Lipinski definition) is 4. The number of ketones is 1. The lowest BCUT2D eigenvalue weighted by Crippen LogP contribution is -2.44. The number of carbonyl (C=O) groups excluding carboxylic acids is 2. The summed E-state index contributed by atoms with van der Waals surface area (Å²) in [6, 6.07) is 0. The average Bonchev–Trinajstić information content (AvgIpc) is 2.50. The first kappa shape index (κ1) is 26.8. The van der Waals surface area contributed by atoms with E-state index in [4.69, 9.17) is 10.7 Å². The summed E-state index contributed by atoms with van der Waals surface area (Å²) in [4.78, 5) is 23.7. The average molecular weight is 537 g/mol. The van der Waals surface area contributed by atoms with Crippen molar-refractivity contribution in [1.29, 1.82) is 0 Å². The minimum Gasteiger partial charge on any atom is -0.294 e. The van der Waals surface area contributed by atoms with E-state index in [0.29, 0.717) is 24.8 Å². The van der Waals surface area contributed by atoms with Crippen molar-refractivity contribution in [2.75, 3.05) is 6.26 Å². The highest BCUT2D eigenvalue weighted by Gasteiger charge is 2.48. The van der Waals surface area contributed by atoms with Crippen LogP contribution in [0, 0.1) is 10.8 Å². The van der Waals surface area contributed by atoms with Gasteiger partial charge < -0.3 is 0 Å². The predicted octanol–water partition coefficient (Wildman–Crippen LogP) is 7.40. The van der Waals surface area contributed by atoms with Gasteiger partial charge in [0.05, 0.1) is 4.75 Å². The third kappa shape index (κ3) is 7.65. The van der Waals surface area contributed by atoms with Gasteiger partial charge in [-0.1, -0.05) is 41.5 Å². The molecule has 0 heterocycles. The van der Waals surface area contributed by atoms with E-state index >= 15 is 0 Å². The number of thioether (sulfide) groups is 1. The van der Waals surface area contributed by atoms with Crippen molar-refractivity contribution in [1.82, 2.24) is 0 Å². The molecule has 0 aromatic rings. The van der Waals surface area contributed by atoms with Gasteiger partial charge in [-0.25, -0.2) is 9.18 Å². The van der Waals surface area contributed by atoms with Crippen molar-refractivity contribution in [2.45, 2.75) is 81.4 Å². The minimum atomic E-state index is -1.87. The fourth-order valence-electron chi connectivity index (χ4n) is 2.94. The maximum Gasteiger partial charge on any atom is 0.263 e. The Morgan fingerprint density at radius 3 is 1.96 bits per heavy atom. The molecule has 2 atom stereocenters. The van der Waals surface area contributed by atoms with Crippen LogP contribution < -0.4 is 0 Å². The van der Waals surface area contributed by atoms with Crippen LogP contribution in [-0.4, -0.2) is 25.7 Å². The summed E-state index contributed by atoms with van der Waals surface area (Å²) in [5.74, 6) is 1.74. The summed E-state index contributed by atoms with van der Waals surface area (Å²) in [5, 5.41) is 0. The molecule has 0 N–H and O–H groups in total. The molecule has 0 aliphatic rings. The second kappa shape index (κ2) is 10.5. The molecule has 0 aliphatic heterocycles. The molecule has 0 aromatic heterocycles. The van der Waals surface area contributed by atoms with Crippen LogP contribution in [0.5, 0.6) is 0 Å². The lowest BCUT2D eigenvalue weighted by atomic mass is 9.67. The molecule has 7 heteroatoms. The molecule has 0 fully saturated rings. The Balaban J connectivity index is 5.22. The Bertz CT molecular complexity index is 535. The number of alkyl halides is 2. The number of Topliss-reactive ketones (excluding diaryl/α,β-unsaturated/α-hetero) is 1. The van der Waals surface area contributed by atoms with Crippen molar-refractivity contribution >= 4 is 67.7 Å². The molecule has 152 valence electrons. The highest BCUT2D eigenvalue weighted by Crippen LogP contribution is 2.55. The molecule has 0 saturated carbocycles. The normalized spacial score (nSPS) is 17.2. The van der Waals surface area contributed by atoms with Gasteiger partial charge in [-0.05, 0) is 87.0 Å². The molecule has 0 amide bonds. The van der Waals surface area contributed by atoms with Crippen LogP contribution in [0.4, 0.5) is 4.39 Å². The molecule has 0 aromatic carbocycles. The monoisotopic (exact) mass is 536 g/mol. The van der Waals surface area contributed by atoms with E-state index in [2.05, 4.69) is 47.5 Å². The van der Waals surface area contributed by atoms with Crippen LogP contribution in [0.1, 0.15) is 73.6 Å². The van der Waals surface area contributed by atoms with Crippen LogP contribution in [0.25, 0.3) is 0 Å². The van der Waals surface area contributed by atoms with E-state index in [9.17, 15) is 14.0 Å². The summed E-state index contributed by atoms with van der Waals surface area (Å²) in [6.45, 7) is 12.6. The number of rotatable bonds is 10. The molecule has 2 nitrogen and oxygen atoms in total. The van der Waals surface area contributed by atoms with E-state index in [1.54, 1.807) is 28.8 Å². The molecule has 0 spiro atoms. The van der Waals surface area contributed by atoms with Gasteiger partial charge in [0.25, 0.3) is 3.01 Å². The lowest BCUT2D eigenvalue weighted by Gasteiger charge is -2.46. The van der Waals surface area contributed by atoms with Crippen LogP contribution in [-0.2, 0) is 9.59 Å². The van der Waals surface area contributed by atoms with Crippen LogP contribution >= 0.6 is 56.0 Å². The summed E-state index contributed by atoms with van der Waals surface area (Å²) < 4.78 is 11.6.